The van der Waals surface area contributed by atoms with E-state index in [9.17, 15) is 0 Å². The number of benzene rings is 1. The molecule has 1 aromatic heterocycles. The summed E-state index contributed by atoms with van der Waals surface area (Å²) in [6.07, 6.45) is 1.53. The van der Waals surface area contributed by atoms with Crippen LogP contribution in [0.4, 0.5) is 5.69 Å². The molecule has 4 nitrogen and oxygen atoms in total. The lowest BCUT2D eigenvalue weighted by Crippen LogP contribution is -2.07. The highest BCUT2D eigenvalue weighted by Crippen LogP contribution is 2.26. The van der Waals surface area contributed by atoms with E-state index in [4.69, 9.17) is 11.6 Å². The number of anilines is 1. The molecule has 16 heavy (non-hydrogen) atoms. The van der Waals surface area contributed by atoms with Crippen molar-refractivity contribution in [3.63, 3.8) is 0 Å². The van der Waals surface area contributed by atoms with Crippen LogP contribution in [-0.2, 0) is 13.6 Å². The lowest BCUT2D eigenvalue weighted by Gasteiger charge is -2.08. The standard InChI is InChI=1S/C10H10BrClN4/c1-16-10(14-6-15-16)5-13-9-4-7(12)2-3-8(9)11/h2-4,6,13H,5H2,1H3. The second kappa shape index (κ2) is 4.84. The van der Waals surface area contributed by atoms with Gasteiger partial charge in [0.05, 0.1) is 12.2 Å². The molecule has 1 aromatic carbocycles. The highest BCUT2D eigenvalue weighted by Gasteiger charge is 2.03. The fourth-order valence-electron chi connectivity index (χ4n) is 1.29. The maximum atomic E-state index is 5.91. The Hall–Kier alpha value is -1.07. The molecule has 0 bridgehead atoms. The Labute approximate surface area is 107 Å². The van der Waals surface area contributed by atoms with Crippen molar-refractivity contribution in [1.29, 1.82) is 0 Å². The number of halogens is 2. The van der Waals surface area contributed by atoms with Gasteiger partial charge in [-0.15, -0.1) is 0 Å². The molecule has 0 aliphatic carbocycles. The van der Waals surface area contributed by atoms with Crippen LogP contribution in [0, 0.1) is 0 Å². The Morgan fingerprint density at radius 1 is 1.50 bits per heavy atom. The molecule has 0 aliphatic heterocycles. The van der Waals surface area contributed by atoms with Crippen LogP contribution in [0.1, 0.15) is 5.82 Å². The summed E-state index contributed by atoms with van der Waals surface area (Å²) in [6.45, 7) is 0.607. The Bertz CT molecular complexity index is 497. The molecule has 0 aliphatic rings. The number of rotatable bonds is 3. The molecule has 2 rings (SSSR count). The van der Waals surface area contributed by atoms with Crippen molar-refractivity contribution >= 4 is 33.2 Å². The third-order valence-electron chi connectivity index (χ3n) is 2.17. The van der Waals surface area contributed by atoms with E-state index in [-0.39, 0.29) is 0 Å². The van der Waals surface area contributed by atoms with Gasteiger partial charge in [0.2, 0.25) is 0 Å². The third kappa shape index (κ3) is 2.54. The van der Waals surface area contributed by atoms with Gasteiger partial charge in [0, 0.05) is 16.5 Å². The van der Waals surface area contributed by atoms with E-state index in [0.717, 1.165) is 16.0 Å². The summed E-state index contributed by atoms with van der Waals surface area (Å²) in [5, 5.41) is 7.94. The van der Waals surface area contributed by atoms with Gasteiger partial charge in [-0.05, 0) is 34.1 Å². The van der Waals surface area contributed by atoms with E-state index >= 15 is 0 Å². The van der Waals surface area contributed by atoms with Gasteiger partial charge in [-0.3, -0.25) is 4.68 Å². The lowest BCUT2D eigenvalue weighted by atomic mass is 10.3. The zero-order valence-electron chi connectivity index (χ0n) is 8.61. The summed E-state index contributed by atoms with van der Waals surface area (Å²) in [6, 6.07) is 5.60. The number of hydrogen-bond donors (Lipinski definition) is 1. The van der Waals surface area contributed by atoms with E-state index in [0.29, 0.717) is 11.6 Å². The number of nitrogens with zero attached hydrogens (tertiary/aromatic N) is 3. The molecule has 0 unspecified atom stereocenters. The Morgan fingerprint density at radius 2 is 2.31 bits per heavy atom. The zero-order chi connectivity index (χ0) is 11.5. The molecule has 0 spiro atoms. The molecule has 2 aromatic rings. The Morgan fingerprint density at radius 3 is 3.00 bits per heavy atom. The van der Waals surface area contributed by atoms with Crippen molar-refractivity contribution in [2.45, 2.75) is 6.54 Å². The minimum atomic E-state index is 0.607. The van der Waals surface area contributed by atoms with Crippen LogP contribution in [0.5, 0.6) is 0 Å². The molecular formula is C10H10BrClN4. The molecule has 0 saturated heterocycles. The first kappa shape index (κ1) is 11.4. The van der Waals surface area contributed by atoms with Crippen molar-refractivity contribution in [2.24, 2.45) is 7.05 Å². The normalized spacial score (nSPS) is 10.4. The number of aryl methyl sites for hydroxylation is 1. The molecule has 1 N–H and O–H groups in total. The third-order valence-corrected chi connectivity index (χ3v) is 3.10. The summed E-state index contributed by atoms with van der Waals surface area (Å²) < 4.78 is 2.70. The van der Waals surface area contributed by atoms with E-state index in [1.807, 2.05) is 25.2 Å². The van der Waals surface area contributed by atoms with Gasteiger partial charge in [0.1, 0.15) is 12.2 Å². The number of aromatic nitrogens is 3. The molecule has 0 amide bonds. The predicted octanol–water partition coefficient (Wildman–Crippen LogP) is 2.84. The Kier molecular flexibility index (Phi) is 3.46. The molecule has 0 radical (unpaired) electrons. The van der Waals surface area contributed by atoms with Gasteiger partial charge in [-0.25, -0.2) is 4.98 Å². The van der Waals surface area contributed by atoms with Crippen molar-refractivity contribution in [3.05, 3.63) is 39.8 Å². The lowest BCUT2D eigenvalue weighted by molar-refractivity contribution is 0.712. The number of nitrogens with one attached hydrogen (secondary N) is 1. The van der Waals surface area contributed by atoms with Crippen molar-refractivity contribution < 1.29 is 0 Å². The molecule has 0 saturated carbocycles. The monoisotopic (exact) mass is 300 g/mol. The molecule has 0 fully saturated rings. The quantitative estimate of drug-likeness (QED) is 0.948. The number of hydrogen-bond acceptors (Lipinski definition) is 3. The van der Waals surface area contributed by atoms with Crippen molar-refractivity contribution in [2.75, 3.05) is 5.32 Å². The smallest absolute Gasteiger partial charge is 0.145 e. The SMILES string of the molecule is Cn1ncnc1CNc1cc(Cl)ccc1Br. The van der Waals surface area contributed by atoms with E-state index in [1.54, 1.807) is 4.68 Å². The van der Waals surface area contributed by atoms with Gasteiger partial charge >= 0.3 is 0 Å². The highest BCUT2D eigenvalue weighted by atomic mass is 79.9. The average Bonchev–Trinajstić information content (AvgIpc) is 2.66. The van der Waals surface area contributed by atoms with Crippen LogP contribution < -0.4 is 5.32 Å². The van der Waals surface area contributed by atoms with Crippen LogP contribution >= 0.6 is 27.5 Å². The topological polar surface area (TPSA) is 42.7 Å². The average molecular weight is 302 g/mol. The molecule has 84 valence electrons. The van der Waals surface area contributed by atoms with Gasteiger partial charge in [0.25, 0.3) is 0 Å². The summed E-state index contributed by atoms with van der Waals surface area (Å²) >= 11 is 9.36. The second-order valence-corrected chi connectivity index (χ2v) is 4.57. The van der Waals surface area contributed by atoms with Gasteiger partial charge in [-0.1, -0.05) is 11.6 Å². The molecule has 1 heterocycles. The van der Waals surface area contributed by atoms with Gasteiger partial charge in [-0.2, -0.15) is 5.10 Å². The predicted molar refractivity (Wildman–Crippen MR) is 67.5 cm³/mol. The molecular weight excluding hydrogens is 291 g/mol. The molecule has 0 atom stereocenters. The first-order valence-electron chi connectivity index (χ1n) is 4.68. The van der Waals surface area contributed by atoms with E-state index < -0.39 is 0 Å². The molecule has 6 heteroatoms. The van der Waals surface area contributed by atoms with E-state index in [1.165, 1.54) is 6.33 Å². The second-order valence-electron chi connectivity index (χ2n) is 3.28. The van der Waals surface area contributed by atoms with Crippen LogP contribution in [0.15, 0.2) is 29.0 Å². The fraction of sp³-hybridized carbons (Fsp3) is 0.200. The zero-order valence-corrected chi connectivity index (χ0v) is 11.0. The summed E-state index contributed by atoms with van der Waals surface area (Å²) in [5.41, 5.74) is 0.940. The van der Waals surface area contributed by atoms with Gasteiger partial charge in [0.15, 0.2) is 0 Å². The fourth-order valence-corrected chi connectivity index (χ4v) is 1.85. The summed E-state index contributed by atoms with van der Waals surface area (Å²) in [5.74, 6) is 0.867. The van der Waals surface area contributed by atoms with Crippen molar-refractivity contribution in [1.82, 2.24) is 14.8 Å². The summed E-state index contributed by atoms with van der Waals surface area (Å²) in [7, 11) is 1.86. The van der Waals surface area contributed by atoms with Crippen LogP contribution in [0.2, 0.25) is 5.02 Å². The first-order valence-corrected chi connectivity index (χ1v) is 5.85. The van der Waals surface area contributed by atoms with Crippen LogP contribution in [0.3, 0.4) is 0 Å². The minimum absolute atomic E-state index is 0.607. The maximum absolute atomic E-state index is 5.91. The first-order chi connectivity index (χ1) is 7.66. The van der Waals surface area contributed by atoms with E-state index in [2.05, 4.69) is 31.3 Å². The van der Waals surface area contributed by atoms with Crippen molar-refractivity contribution in [3.8, 4) is 0 Å². The van der Waals surface area contributed by atoms with Crippen LogP contribution in [0.25, 0.3) is 0 Å². The highest BCUT2D eigenvalue weighted by molar-refractivity contribution is 9.10. The maximum Gasteiger partial charge on any atom is 0.145 e. The van der Waals surface area contributed by atoms with Crippen LogP contribution in [-0.4, -0.2) is 14.8 Å². The minimum Gasteiger partial charge on any atom is -0.377 e. The van der Waals surface area contributed by atoms with Gasteiger partial charge < -0.3 is 5.32 Å². The largest absolute Gasteiger partial charge is 0.377 e. The Balaban J connectivity index is 2.10. The summed E-state index contributed by atoms with van der Waals surface area (Å²) in [4.78, 5) is 4.12.